The summed E-state index contributed by atoms with van der Waals surface area (Å²) in [5, 5.41) is 0. The average molecular weight is 210 g/mol. The maximum atomic E-state index is 10.7. The molecule has 0 heterocycles. The lowest BCUT2D eigenvalue weighted by molar-refractivity contribution is -0.117. The normalized spacial score (nSPS) is 25.5. The van der Waals surface area contributed by atoms with Gasteiger partial charge in [-0.2, -0.15) is 0 Å². The lowest BCUT2D eigenvalue weighted by atomic mass is 9.85. The Bertz CT molecular complexity index is 221. The van der Waals surface area contributed by atoms with Crippen LogP contribution in [0.5, 0.6) is 0 Å². The van der Waals surface area contributed by atoms with Crippen molar-refractivity contribution in [3.63, 3.8) is 0 Å². The monoisotopic (exact) mass is 210 g/mol. The van der Waals surface area contributed by atoms with Gasteiger partial charge in [0, 0.05) is 19.6 Å². The van der Waals surface area contributed by atoms with E-state index in [4.69, 9.17) is 4.74 Å². The van der Waals surface area contributed by atoms with Gasteiger partial charge in [0.25, 0.3) is 0 Å². The first-order chi connectivity index (χ1) is 7.20. The van der Waals surface area contributed by atoms with Gasteiger partial charge in [-0.15, -0.1) is 0 Å². The van der Waals surface area contributed by atoms with E-state index in [0.717, 1.165) is 32.0 Å². The van der Waals surface area contributed by atoms with Crippen LogP contribution in [-0.2, 0) is 9.53 Å². The van der Waals surface area contributed by atoms with Crippen molar-refractivity contribution < 1.29 is 9.53 Å². The zero-order valence-corrected chi connectivity index (χ0v) is 9.87. The van der Waals surface area contributed by atoms with E-state index in [1.54, 1.807) is 6.92 Å². The molecule has 0 radical (unpaired) electrons. The van der Waals surface area contributed by atoms with E-state index in [1.165, 1.54) is 6.42 Å². The number of carbonyl (C=O) groups is 1. The second-order valence-corrected chi connectivity index (χ2v) is 4.56. The average Bonchev–Trinajstić information content (AvgIpc) is 2.20. The molecule has 2 heteroatoms. The maximum Gasteiger partial charge on any atom is 0.129 e. The Labute approximate surface area is 92.7 Å². The molecule has 0 aliphatic heterocycles. The predicted octanol–water partition coefficient (Wildman–Crippen LogP) is 2.97. The van der Waals surface area contributed by atoms with Gasteiger partial charge in [-0.25, -0.2) is 0 Å². The van der Waals surface area contributed by atoms with Gasteiger partial charge < -0.3 is 9.53 Å². The molecule has 0 aromatic heterocycles. The molecular weight excluding hydrogens is 188 g/mol. The summed E-state index contributed by atoms with van der Waals surface area (Å²) in [5.41, 5.74) is 0. The minimum Gasteiger partial charge on any atom is -0.381 e. The Morgan fingerprint density at radius 2 is 2.13 bits per heavy atom. The molecule has 1 aliphatic rings. The largest absolute Gasteiger partial charge is 0.381 e. The molecule has 0 N–H and O–H groups in total. The Balaban J connectivity index is 2.04. The fourth-order valence-electron chi connectivity index (χ4n) is 1.90. The summed E-state index contributed by atoms with van der Waals surface area (Å²) < 4.78 is 5.61. The summed E-state index contributed by atoms with van der Waals surface area (Å²) in [6.07, 6.45) is 8.36. The van der Waals surface area contributed by atoms with Gasteiger partial charge in [0.15, 0.2) is 0 Å². The van der Waals surface area contributed by atoms with E-state index in [0.29, 0.717) is 12.3 Å². The lowest BCUT2D eigenvalue weighted by Crippen LogP contribution is -2.19. The summed E-state index contributed by atoms with van der Waals surface area (Å²) in [4.78, 5) is 10.7. The third-order valence-electron chi connectivity index (χ3n) is 3.07. The van der Waals surface area contributed by atoms with E-state index >= 15 is 0 Å². The van der Waals surface area contributed by atoms with E-state index in [1.807, 2.05) is 0 Å². The lowest BCUT2D eigenvalue weighted by Gasteiger charge is -2.24. The summed E-state index contributed by atoms with van der Waals surface area (Å²) >= 11 is 0. The van der Waals surface area contributed by atoms with Crippen molar-refractivity contribution in [3.05, 3.63) is 12.2 Å². The molecule has 0 fully saturated rings. The van der Waals surface area contributed by atoms with Crippen LogP contribution < -0.4 is 0 Å². The third kappa shape index (κ3) is 5.12. The van der Waals surface area contributed by atoms with Crippen LogP contribution >= 0.6 is 0 Å². The van der Waals surface area contributed by atoms with Crippen molar-refractivity contribution >= 4 is 5.78 Å². The van der Waals surface area contributed by atoms with Gasteiger partial charge in [0.05, 0.1) is 0 Å². The topological polar surface area (TPSA) is 26.3 Å². The predicted molar refractivity (Wildman–Crippen MR) is 61.8 cm³/mol. The first-order valence-corrected chi connectivity index (χ1v) is 5.92. The summed E-state index contributed by atoms with van der Waals surface area (Å²) in [7, 11) is 0. The molecule has 15 heavy (non-hydrogen) atoms. The molecule has 2 unspecified atom stereocenters. The van der Waals surface area contributed by atoms with Crippen LogP contribution in [0.3, 0.4) is 0 Å². The second kappa shape index (κ2) is 6.78. The molecule has 0 saturated carbocycles. The van der Waals surface area contributed by atoms with Gasteiger partial charge in [-0.1, -0.05) is 19.1 Å². The van der Waals surface area contributed by atoms with Crippen LogP contribution in [0, 0.1) is 11.8 Å². The molecular formula is C13H22O2. The molecule has 2 atom stereocenters. The molecule has 1 rings (SSSR count). The van der Waals surface area contributed by atoms with E-state index in [9.17, 15) is 4.79 Å². The van der Waals surface area contributed by atoms with E-state index in [2.05, 4.69) is 19.1 Å². The molecule has 0 spiro atoms. The third-order valence-corrected chi connectivity index (χ3v) is 3.07. The van der Waals surface area contributed by atoms with Crippen LogP contribution in [0.15, 0.2) is 12.2 Å². The first kappa shape index (κ1) is 12.4. The minimum absolute atomic E-state index is 0.257. The van der Waals surface area contributed by atoms with Crippen LogP contribution in [-0.4, -0.2) is 19.0 Å². The molecule has 86 valence electrons. The number of allylic oxidation sites excluding steroid dienone is 2. The number of Topliss-reactive ketones (excluding diaryl/α,β-unsaturated/α-hetero) is 1. The Hall–Kier alpha value is -0.630. The number of hydrogen-bond acceptors (Lipinski definition) is 2. The number of rotatable bonds is 6. The number of carbonyl (C=O) groups excluding carboxylic acids is 1. The van der Waals surface area contributed by atoms with Crippen LogP contribution in [0.1, 0.15) is 39.5 Å². The molecule has 0 saturated heterocycles. The zero-order valence-electron chi connectivity index (χ0n) is 9.87. The molecule has 0 bridgehead atoms. The van der Waals surface area contributed by atoms with Crippen LogP contribution in [0.4, 0.5) is 0 Å². The van der Waals surface area contributed by atoms with Crippen molar-refractivity contribution in [1.29, 1.82) is 0 Å². The first-order valence-electron chi connectivity index (χ1n) is 5.92. The Kier molecular flexibility index (Phi) is 5.62. The summed E-state index contributed by atoms with van der Waals surface area (Å²) in [6, 6.07) is 0. The highest BCUT2D eigenvalue weighted by Crippen LogP contribution is 2.24. The van der Waals surface area contributed by atoms with Gasteiger partial charge in [0.2, 0.25) is 0 Å². The van der Waals surface area contributed by atoms with Crippen LogP contribution in [0.2, 0.25) is 0 Å². The molecule has 0 aromatic rings. The van der Waals surface area contributed by atoms with E-state index < -0.39 is 0 Å². The smallest absolute Gasteiger partial charge is 0.129 e. The maximum absolute atomic E-state index is 10.7. The standard InChI is InChI=1S/C13H22O2/c1-11-6-3-4-8-13(11)10-15-9-5-7-12(2)14/h3-4,11,13H,5-10H2,1-2H3. The van der Waals surface area contributed by atoms with Crippen molar-refractivity contribution in [3.8, 4) is 0 Å². The summed E-state index contributed by atoms with van der Waals surface area (Å²) in [5.74, 6) is 1.67. The minimum atomic E-state index is 0.257. The van der Waals surface area contributed by atoms with Gasteiger partial charge in [-0.05, 0) is 38.0 Å². The number of hydrogen-bond donors (Lipinski definition) is 0. The quantitative estimate of drug-likeness (QED) is 0.497. The zero-order chi connectivity index (χ0) is 11.1. The Morgan fingerprint density at radius 3 is 2.80 bits per heavy atom. The van der Waals surface area contributed by atoms with Crippen molar-refractivity contribution in [1.82, 2.24) is 0 Å². The highest BCUT2D eigenvalue weighted by Gasteiger charge is 2.17. The highest BCUT2D eigenvalue weighted by atomic mass is 16.5. The van der Waals surface area contributed by atoms with Crippen molar-refractivity contribution in [2.45, 2.75) is 39.5 Å². The molecule has 1 aliphatic carbocycles. The number of ketones is 1. The van der Waals surface area contributed by atoms with Gasteiger partial charge >= 0.3 is 0 Å². The SMILES string of the molecule is CC(=O)CCCOCC1CC=CCC1C. The second-order valence-electron chi connectivity index (χ2n) is 4.56. The summed E-state index contributed by atoms with van der Waals surface area (Å²) in [6.45, 7) is 5.50. The number of ether oxygens (including phenoxy) is 1. The Morgan fingerprint density at radius 1 is 1.40 bits per heavy atom. The van der Waals surface area contributed by atoms with Crippen LogP contribution in [0.25, 0.3) is 0 Å². The molecule has 2 nitrogen and oxygen atoms in total. The fourth-order valence-corrected chi connectivity index (χ4v) is 1.90. The van der Waals surface area contributed by atoms with Gasteiger partial charge in [-0.3, -0.25) is 0 Å². The van der Waals surface area contributed by atoms with Crippen molar-refractivity contribution in [2.75, 3.05) is 13.2 Å². The van der Waals surface area contributed by atoms with Gasteiger partial charge in [0.1, 0.15) is 5.78 Å². The molecule has 0 amide bonds. The van der Waals surface area contributed by atoms with Crippen molar-refractivity contribution in [2.24, 2.45) is 11.8 Å². The fraction of sp³-hybridized carbons (Fsp3) is 0.769. The molecule has 0 aromatic carbocycles. The highest BCUT2D eigenvalue weighted by molar-refractivity contribution is 5.75. The van der Waals surface area contributed by atoms with E-state index in [-0.39, 0.29) is 5.78 Å².